The van der Waals surface area contributed by atoms with E-state index in [4.69, 9.17) is 0 Å². The maximum absolute atomic E-state index is 11.0. The third kappa shape index (κ3) is 8.71. The number of hydrogen-bond donors (Lipinski definition) is 1. The van der Waals surface area contributed by atoms with Gasteiger partial charge in [-0.3, -0.25) is 0 Å². The van der Waals surface area contributed by atoms with Gasteiger partial charge in [0, 0.05) is 11.9 Å². The number of alkyl halides is 1. The Morgan fingerprint density at radius 2 is 1.77 bits per heavy atom. The first kappa shape index (κ1) is 13.4. The van der Waals surface area contributed by atoms with E-state index in [1.165, 1.54) is 12.8 Å². The van der Waals surface area contributed by atoms with E-state index in [9.17, 15) is 8.42 Å². The van der Waals surface area contributed by atoms with Crippen LogP contribution in [-0.2, 0) is 10.0 Å². The van der Waals surface area contributed by atoms with E-state index in [0.29, 0.717) is 6.54 Å². The highest BCUT2D eigenvalue weighted by atomic mass is 79.9. The molecule has 0 spiro atoms. The number of nitrogens with one attached hydrogen (secondary N) is 1. The van der Waals surface area contributed by atoms with Gasteiger partial charge >= 0.3 is 0 Å². The summed E-state index contributed by atoms with van der Waals surface area (Å²) in [5.41, 5.74) is 0. The highest BCUT2D eigenvalue weighted by Crippen LogP contribution is 2.01. The first-order valence-electron chi connectivity index (χ1n) is 4.65. The molecule has 13 heavy (non-hydrogen) atoms. The van der Waals surface area contributed by atoms with Crippen molar-refractivity contribution in [2.24, 2.45) is 0 Å². The lowest BCUT2D eigenvalue weighted by Crippen LogP contribution is -2.26. The molecule has 0 aliphatic carbocycles. The van der Waals surface area contributed by atoms with Gasteiger partial charge in [-0.25, -0.2) is 13.1 Å². The Bertz CT molecular complexity index is 204. The van der Waals surface area contributed by atoms with Gasteiger partial charge in [-0.15, -0.1) is 0 Å². The summed E-state index contributed by atoms with van der Waals surface area (Å²) in [6.07, 6.45) is 4.36. The lowest BCUT2D eigenvalue weighted by molar-refractivity contribution is 0.575. The van der Waals surface area contributed by atoms with E-state index < -0.39 is 10.0 Å². The number of halogens is 1. The Morgan fingerprint density at radius 1 is 1.15 bits per heavy atom. The maximum atomic E-state index is 11.0. The van der Waals surface area contributed by atoms with Crippen molar-refractivity contribution in [3.8, 4) is 0 Å². The van der Waals surface area contributed by atoms with Gasteiger partial charge < -0.3 is 0 Å². The summed E-state index contributed by atoms with van der Waals surface area (Å²) in [7, 11) is -2.97. The molecule has 0 fully saturated rings. The lowest BCUT2D eigenvalue weighted by Gasteiger charge is -2.03. The van der Waals surface area contributed by atoms with E-state index in [1.54, 1.807) is 6.92 Å². The molecule has 0 aromatic rings. The molecule has 0 bridgehead atoms. The van der Waals surface area contributed by atoms with Crippen molar-refractivity contribution < 1.29 is 8.42 Å². The molecular formula is C8H18BrNO2S. The molecule has 5 heteroatoms. The molecule has 0 rings (SSSR count). The van der Waals surface area contributed by atoms with E-state index >= 15 is 0 Å². The van der Waals surface area contributed by atoms with Gasteiger partial charge in [0.1, 0.15) is 0 Å². The summed E-state index contributed by atoms with van der Waals surface area (Å²) < 4.78 is 24.5. The van der Waals surface area contributed by atoms with Crippen LogP contribution >= 0.6 is 15.9 Å². The van der Waals surface area contributed by atoms with E-state index in [0.717, 1.165) is 18.2 Å². The number of unbranched alkanes of at least 4 members (excludes halogenated alkanes) is 3. The minimum Gasteiger partial charge on any atom is -0.215 e. The molecule has 0 amide bonds. The van der Waals surface area contributed by atoms with E-state index in [1.807, 2.05) is 0 Å². The molecule has 0 saturated heterocycles. The van der Waals surface area contributed by atoms with Gasteiger partial charge in [0.25, 0.3) is 0 Å². The molecule has 80 valence electrons. The Hall–Kier alpha value is 0.390. The Kier molecular flexibility index (Phi) is 8.00. The van der Waals surface area contributed by atoms with Crippen molar-refractivity contribution in [1.82, 2.24) is 4.72 Å². The summed E-state index contributed by atoms with van der Waals surface area (Å²) in [5, 5.41) is 1.04. The fraction of sp³-hybridized carbons (Fsp3) is 1.00. The zero-order valence-electron chi connectivity index (χ0n) is 8.05. The minimum absolute atomic E-state index is 0.175. The quantitative estimate of drug-likeness (QED) is 0.541. The second kappa shape index (κ2) is 7.76. The summed E-state index contributed by atoms with van der Waals surface area (Å²) in [4.78, 5) is 0. The van der Waals surface area contributed by atoms with Crippen molar-refractivity contribution in [3.05, 3.63) is 0 Å². The predicted molar refractivity (Wildman–Crippen MR) is 59.7 cm³/mol. The average molecular weight is 272 g/mol. The van der Waals surface area contributed by atoms with Crippen LogP contribution in [0.4, 0.5) is 0 Å². The third-order valence-electron chi connectivity index (χ3n) is 1.76. The standard InChI is InChI=1S/C8H18BrNO2S/c1-2-13(11,12)10-8-6-4-3-5-7-9/h10H,2-8H2,1H3. The van der Waals surface area contributed by atoms with Gasteiger partial charge in [0.2, 0.25) is 10.0 Å². The zero-order chi connectivity index (χ0) is 10.2. The fourth-order valence-electron chi connectivity index (χ4n) is 0.903. The van der Waals surface area contributed by atoms with Crippen molar-refractivity contribution in [2.45, 2.75) is 32.6 Å². The Labute approximate surface area is 89.5 Å². The molecule has 0 heterocycles. The highest BCUT2D eigenvalue weighted by Gasteiger charge is 2.03. The van der Waals surface area contributed by atoms with Crippen molar-refractivity contribution in [2.75, 3.05) is 17.6 Å². The largest absolute Gasteiger partial charge is 0.215 e. The van der Waals surface area contributed by atoms with Crippen molar-refractivity contribution in [3.63, 3.8) is 0 Å². The van der Waals surface area contributed by atoms with Crippen LogP contribution < -0.4 is 4.72 Å². The minimum atomic E-state index is -2.97. The number of sulfonamides is 1. The molecular weight excluding hydrogens is 254 g/mol. The van der Waals surface area contributed by atoms with E-state index in [2.05, 4.69) is 20.7 Å². The average Bonchev–Trinajstić information content (AvgIpc) is 2.11. The van der Waals surface area contributed by atoms with Crippen molar-refractivity contribution >= 4 is 26.0 Å². The molecule has 0 unspecified atom stereocenters. The van der Waals surface area contributed by atoms with Gasteiger partial charge in [0.05, 0.1) is 5.75 Å². The Morgan fingerprint density at radius 3 is 2.31 bits per heavy atom. The molecule has 1 N–H and O–H groups in total. The molecule has 0 aromatic heterocycles. The normalized spacial score (nSPS) is 11.8. The summed E-state index contributed by atoms with van der Waals surface area (Å²) in [5.74, 6) is 0.175. The van der Waals surface area contributed by atoms with E-state index in [-0.39, 0.29) is 5.75 Å². The lowest BCUT2D eigenvalue weighted by atomic mass is 10.2. The van der Waals surface area contributed by atoms with Gasteiger partial charge in [-0.05, 0) is 19.8 Å². The molecule has 0 saturated carbocycles. The van der Waals surface area contributed by atoms with Crippen LogP contribution in [0.1, 0.15) is 32.6 Å². The molecule has 0 aliphatic rings. The molecule has 3 nitrogen and oxygen atoms in total. The van der Waals surface area contributed by atoms with Crippen LogP contribution in [-0.4, -0.2) is 26.0 Å². The molecule has 0 radical (unpaired) electrons. The first-order valence-corrected chi connectivity index (χ1v) is 7.43. The van der Waals surface area contributed by atoms with Crippen LogP contribution in [0.15, 0.2) is 0 Å². The van der Waals surface area contributed by atoms with Gasteiger partial charge in [-0.2, -0.15) is 0 Å². The smallest absolute Gasteiger partial charge is 0.211 e. The first-order chi connectivity index (χ1) is 6.12. The number of hydrogen-bond acceptors (Lipinski definition) is 2. The fourth-order valence-corrected chi connectivity index (χ4v) is 1.96. The van der Waals surface area contributed by atoms with Crippen LogP contribution in [0.5, 0.6) is 0 Å². The van der Waals surface area contributed by atoms with Crippen molar-refractivity contribution in [1.29, 1.82) is 0 Å². The van der Waals surface area contributed by atoms with Crippen LogP contribution in [0.25, 0.3) is 0 Å². The topological polar surface area (TPSA) is 46.2 Å². The second-order valence-electron chi connectivity index (χ2n) is 2.90. The molecule has 0 aromatic carbocycles. The van der Waals surface area contributed by atoms with Crippen LogP contribution in [0.2, 0.25) is 0 Å². The zero-order valence-corrected chi connectivity index (χ0v) is 10.5. The predicted octanol–water partition coefficient (Wildman–Crippen LogP) is 1.88. The number of rotatable bonds is 8. The second-order valence-corrected chi connectivity index (χ2v) is 5.79. The molecule has 0 atom stereocenters. The monoisotopic (exact) mass is 271 g/mol. The molecule has 0 aliphatic heterocycles. The summed E-state index contributed by atoms with van der Waals surface area (Å²) in [6, 6.07) is 0. The SMILES string of the molecule is CCS(=O)(=O)NCCCCCCBr. The third-order valence-corrected chi connectivity index (χ3v) is 3.73. The van der Waals surface area contributed by atoms with Gasteiger partial charge in [0.15, 0.2) is 0 Å². The van der Waals surface area contributed by atoms with Gasteiger partial charge in [-0.1, -0.05) is 28.8 Å². The highest BCUT2D eigenvalue weighted by molar-refractivity contribution is 9.09. The summed E-state index contributed by atoms with van der Waals surface area (Å²) >= 11 is 3.35. The van der Waals surface area contributed by atoms with Crippen LogP contribution in [0.3, 0.4) is 0 Å². The summed E-state index contributed by atoms with van der Waals surface area (Å²) in [6.45, 7) is 2.23. The maximum Gasteiger partial charge on any atom is 0.211 e. The Balaban J connectivity index is 3.26. The van der Waals surface area contributed by atoms with Crippen LogP contribution in [0, 0.1) is 0 Å².